The maximum atomic E-state index is 12.5. The zero-order chi connectivity index (χ0) is 13.0. The van der Waals surface area contributed by atoms with Gasteiger partial charge in [-0.05, 0) is 35.1 Å². The van der Waals surface area contributed by atoms with Crippen molar-refractivity contribution in [3.63, 3.8) is 0 Å². The number of halogens is 3. The lowest BCUT2D eigenvalue weighted by Crippen LogP contribution is -2.11. The van der Waals surface area contributed by atoms with Crippen LogP contribution in [0.1, 0.15) is 24.6 Å². The van der Waals surface area contributed by atoms with Crippen LogP contribution in [-0.2, 0) is 16.0 Å². The molecule has 1 aromatic rings. The zero-order valence-corrected chi connectivity index (χ0v) is 11.2. The SMILES string of the molecule is CCOC(=O)Cc1cnc(C(F)F)c(N)c1I. The molecule has 0 saturated heterocycles. The van der Waals surface area contributed by atoms with Crippen molar-refractivity contribution in [2.24, 2.45) is 0 Å². The molecule has 0 saturated carbocycles. The number of hydrogen-bond acceptors (Lipinski definition) is 4. The zero-order valence-electron chi connectivity index (χ0n) is 9.04. The van der Waals surface area contributed by atoms with Gasteiger partial charge in [-0.25, -0.2) is 8.78 Å². The number of nitrogens with two attached hydrogens (primary N) is 1. The topological polar surface area (TPSA) is 65.2 Å². The molecule has 0 aliphatic carbocycles. The number of aromatic nitrogens is 1. The van der Waals surface area contributed by atoms with Crippen molar-refractivity contribution in [3.05, 3.63) is 21.0 Å². The van der Waals surface area contributed by atoms with Crippen molar-refractivity contribution in [3.8, 4) is 0 Å². The van der Waals surface area contributed by atoms with E-state index in [9.17, 15) is 13.6 Å². The van der Waals surface area contributed by atoms with E-state index in [1.165, 1.54) is 6.20 Å². The molecular formula is C10H11F2IN2O2. The molecule has 0 amide bonds. The summed E-state index contributed by atoms with van der Waals surface area (Å²) in [4.78, 5) is 14.8. The van der Waals surface area contributed by atoms with Gasteiger partial charge in [0.25, 0.3) is 6.43 Å². The van der Waals surface area contributed by atoms with Gasteiger partial charge in [-0.2, -0.15) is 0 Å². The molecule has 0 spiro atoms. The third-order valence-electron chi connectivity index (χ3n) is 2.00. The molecular weight excluding hydrogens is 345 g/mol. The van der Waals surface area contributed by atoms with Crippen LogP contribution in [0.4, 0.5) is 14.5 Å². The Balaban J connectivity index is 2.96. The van der Waals surface area contributed by atoms with E-state index in [-0.39, 0.29) is 18.7 Å². The fourth-order valence-electron chi connectivity index (χ4n) is 1.22. The minimum absolute atomic E-state index is 0.0210. The Hall–Kier alpha value is -0.990. The van der Waals surface area contributed by atoms with Gasteiger partial charge in [-0.15, -0.1) is 0 Å². The predicted molar refractivity (Wildman–Crippen MR) is 66.7 cm³/mol. The highest BCUT2D eigenvalue weighted by Gasteiger charge is 2.18. The Labute approximate surface area is 111 Å². The summed E-state index contributed by atoms with van der Waals surface area (Å²) < 4.78 is 30.1. The summed E-state index contributed by atoms with van der Waals surface area (Å²) in [6, 6.07) is 0. The van der Waals surface area contributed by atoms with Crippen LogP contribution >= 0.6 is 22.6 Å². The molecule has 0 radical (unpaired) electrons. The molecule has 94 valence electrons. The van der Waals surface area contributed by atoms with Crippen molar-refractivity contribution >= 4 is 34.2 Å². The number of nitrogen functional groups attached to an aromatic ring is 1. The number of esters is 1. The molecule has 1 rings (SSSR count). The van der Waals surface area contributed by atoms with Gasteiger partial charge < -0.3 is 10.5 Å². The Morgan fingerprint density at radius 3 is 2.82 bits per heavy atom. The first kappa shape index (κ1) is 14.1. The highest BCUT2D eigenvalue weighted by atomic mass is 127. The molecule has 0 unspecified atom stereocenters. The normalized spacial score (nSPS) is 10.6. The maximum Gasteiger partial charge on any atom is 0.310 e. The van der Waals surface area contributed by atoms with E-state index in [0.717, 1.165) is 0 Å². The quantitative estimate of drug-likeness (QED) is 0.664. The fourth-order valence-corrected chi connectivity index (χ4v) is 1.83. The van der Waals surface area contributed by atoms with E-state index in [1.54, 1.807) is 6.92 Å². The van der Waals surface area contributed by atoms with Gasteiger partial charge in [0, 0.05) is 9.77 Å². The van der Waals surface area contributed by atoms with Crippen molar-refractivity contribution in [2.45, 2.75) is 19.8 Å². The number of anilines is 1. The van der Waals surface area contributed by atoms with E-state index in [1.807, 2.05) is 22.6 Å². The molecule has 0 aliphatic rings. The van der Waals surface area contributed by atoms with Crippen molar-refractivity contribution in [1.82, 2.24) is 4.98 Å². The summed E-state index contributed by atoms with van der Waals surface area (Å²) in [7, 11) is 0. The molecule has 0 fully saturated rings. The Morgan fingerprint density at radius 2 is 2.29 bits per heavy atom. The van der Waals surface area contributed by atoms with Crippen LogP contribution in [0, 0.1) is 3.57 Å². The molecule has 1 aromatic heterocycles. The average molecular weight is 356 g/mol. The molecule has 1 heterocycles. The van der Waals surface area contributed by atoms with E-state index < -0.39 is 18.1 Å². The second-order valence-corrected chi connectivity index (χ2v) is 4.26. The van der Waals surface area contributed by atoms with Gasteiger partial charge in [0.15, 0.2) is 0 Å². The number of rotatable bonds is 4. The van der Waals surface area contributed by atoms with Crippen LogP contribution in [0.2, 0.25) is 0 Å². The van der Waals surface area contributed by atoms with Crippen LogP contribution in [0.15, 0.2) is 6.20 Å². The van der Waals surface area contributed by atoms with E-state index in [0.29, 0.717) is 9.13 Å². The predicted octanol–water partition coefficient (Wildman–Crippen LogP) is 2.31. The highest BCUT2D eigenvalue weighted by molar-refractivity contribution is 14.1. The maximum absolute atomic E-state index is 12.5. The Morgan fingerprint density at radius 1 is 1.65 bits per heavy atom. The third kappa shape index (κ3) is 3.48. The second kappa shape index (κ2) is 6.08. The van der Waals surface area contributed by atoms with Gasteiger partial charge in [0.1, 0.15) is 5.69 Å². The van der Waals surface area contributed by atoms with Crippen molar-refractivity contribution in [1.29, 1.82) is 0 Å². The van der Waals surface area contributed by atoms with Crippen LogP contribution in [0.3, 0.4) is 0 Å². The molecule has 2 N–H and O–H groups in total. The van der Waals surface area contributed by atoms with Crippen LogP contribution in [-0.4, -0.2) is 17.6 Å². The summed E-state index contributed by atoms with van der Waals surface area (Å²) in [5.74, 6) is -0.434. The first-order chi connectivity index (χ1) is 7.97. The number of carbonyl (C=O) groups is 1. The molecule has 0 bridgehead atoms. The average Bonchev–Trinajstić information content (AvgIpc) is 2.25. The summed E-state index contributed by atoms with van der Waals surface area (Å²) in [6.07, 6.45) is -1.51. The monoisotopic (exact) mass is 356 g/mol. The Kier molecular flexibility index (Phi) is 5.03. The summed E-state index contributed by atoms with van der Waals surface area (Å²) in [5.41, 5.74) is 5.49. The van der Waals surface area contributed by atoms with Gasteiger partial charge in [0.2, 0.25) is 0 Å². The molecule has 0 aliphatic heterocycles. The first-order valence-electron chi connectivity index (χ1n) is 4.83. The van der Waals surface area contributed by atoms with Gasteiger partial charge in [0.05, 0.1) is 18.7 Å². The Bertz CT molecular complexity index is 427. The number of pyridine rings is 1. The van der Waals surface area contributed by atoms with E-state index >= 15 is 0 Å². The number of alkyl halides is 2. The number of hydrogen-bond donors (Lipinski definition) is 1. The first-order valence-corrected chi connectivity index (χ1v) is 5.91. The van der Waals surface area contributed by atoms with Crippen LogP contribution < -0.4 is 5.73 Å². The fraction of sp³-hybridized carbons (Fsp3) is 0.400. The number of ether oxygens (including phenoxy) is 1. The van der Waals surface area contributed by atoms with Gasteiger partial charge in [-0.1, -0.05) is 0 Å². The molecule has 0 aromatic carbocycles. The smallest absolute Gasteiger partial charge is 0.310 e. The lowest BCUT2D eigenvalue weighted by Gasteiger charge is -2.10. The standard InChI is InChI=1S/C10H11F2IN2O2/c1-2-17-6(16)3-5-4-15-9(10(11)12)8(14)7(5)13/h4,10H,2-3,14H2,1H3. The van der Waals surface area contributed by atoms with Crippen molar-refractivity contribution in [2.75, 3.05) is 12.3 Å². The molecule has 0 atom stereocenters. The lowest BCUT2D eigenvalue weighted by molar-refractivity contribution is -0.142. The number of carbonyl (C=O) groups excluding carboxylic acids is 1. The van der Waals surface area contributed by atoms with E-state index in [4.69, 9.17) is 10.5 Å². The lowest BCUT2D eigenvalue weighted by atomic mass is 10.1. The molecule has 17 heavy (non-hydrogen) atoms. The van der Waals surface area contributed by atoms with Crippen molar-refractivity contribution < 1.29 is 18.3 Å². The largest absolute Gasteiger partial charge is 0.466 e. The van der Waals surface area contributed by atoms with Crippen LogP contribution in [0.25, 0.3) is 0 Å². The summed E-state index contributed by atoms with van der Waals surface area (Å²) in [5, 5.41) is 0. The van der Waals surface area contributed by atoms with Gasteiger partial charge in [-0.3, -0.25) is 9.78 Å². The third-order valence-corrected chi connectivity index (χ3v) is 3.27. The summed E-state index contributed by atoms with van der Waals surface area (Å²) >= 11 is 1.82. The minimum atomic E-state index is -2.72. The second-order valence-electron chi connectivity index (χ2n) is 3.18. The van der Waals surface area contributed by atoms with Gasteiger partial charge >= 0.3 is 5.97 Å². The minimum Gasteiger partial charge on any atom is -0.466 e. The number of nitrogens with zero attached hydrogens (tertiary/aromatic N) is 1. The molecule has 4 nitrogen and oxygen atoms in total. The molecule has 7 heteroatoms. The van der Waals surface area contributed by atoms with E-state index in [2.05, 4.69) is 4.98 Å². The summed E-state index contributed by atoms with van der Waals surface area (Å²) in [6.45, 7) is 1.96. The highest BCUT2D eigenvalue weighted by Crippen LogP contribution is 2.28. The van der Waals surface area contributed by atoms with Crippen LogP contribution in [0.5, 0.6) is 0 Å².